The first-order valence-corrected chi connectivity index (χ1v) is 6.87. The molecule has 1 rings (SSSR count). The van der Waals surface area contributed by atoms with E-state index in [0.717, 1.165) is 32.1 Å². The maximum atomic E-state index is 12.0. The van der Waals surface area contributed by atoms with Crippen LogP contribution in [0.5, 0.6) is 0 Å². The van der Waals surface area contributed by atoms with Gasteiger partial charge >= 0.3 is 0 Å². The topological polar surface area (TPSA) is 89.4 Å². The summed E-state index contributed by atoms with van der Waals surface area (Å²) in [4.78, 5) is 24.7. The summed E-state index contributed by atoms with van der Waals surface area (Å²) in [7, 11) is 0. The number of primary amides is 1. The van der Waals surface area contributed by atoms with Gasteiger partial charge in [-0.3, -0.25) is 9.59 Å². The Bertz CT molecular complexity index is 286. The molecule has 0 saturated carbocycles. The van der Waals surface area contributed by atoms with Crippen LogP contribution in [0, 0.1) is 5.92 Å². The van der Waals surface area contributed by atoms with Crippen molar-refractivity contribution in [1.29, 1.82) is 0 Å². The van der Waals surface area contributed by atoms with Gasteiger partial charge in [-0.2, -0.15) is 0 Å². The highest BCUT2D eigenvalue weighted by Gasteiger charge is 2.26. The molecule has 0 spiro atoms. The highest BCUT2D eigenvalue weighted by atomic mass is 16.2. The molecule has 1 atom stereocenters. The second-order valence-corrected chi connectivity index (χ2v) is 5.19. The van der Waals surface area contributed by atoms with Gasteiger partial charge in [0.15, 0.2) is 0 Å². The summed E-state index contributed by atoms with van der Waals surface area (Å²) in [6.07, 6.45) is 4.96. The quantitative estimate of drug-likeness (QED) is 0.729. The molecule has 5 heteroatoms. The molecule has 0 aromatic heterocycles. The number of carbonyl (C=O) groups is 2. The van der Waals surface area contributed by atoms with Crippen LogP contribution >= 0.6 is 0 Å². The van der Waals surface area contributed by atoms with Crippen LogP contribution in [0.15, 0.2) is 0 Å². The fourth-order valence-corrected chi connectivity index (χ4v) is 2.42. The highest BCUT2D eigenvalue weighted by molar-refractivity contribution is 5.81. The molecule has 0 radical (unpaired) electrons. The van der Waals surface area contributed by atoms with Crippen molar-refractivity contribution in [2.75, 3.05) is 13.1 Å². The van der Waals surface area contributed by atoms with Crippen molar-refractivity contribution in [1.82, 2.24) is 4.90 Å². The van der Waals surface area contributed by atoms with E-state index in [0.29, 0.717) is 25.4 Å². The van der Waals surface area contributed by atoms with Crippen LogP contribution in [0.2, 0.25) is 0 Å². The molecule has 0 unspecified atom stereocenters. The molecule has 1 aliphatic heterocycles. The van der Waals surface area contributed by atoms with E-state index >= 15 is 0 Å². The average Bonchev–Trinajstić information content (AvgIpc) is 2.35. The van der Waals surface area contributed by atoms with Gasteiger partial charge in [-0.25, -0.2) is 0 Å². The van der Waals surface area contributed by atoms with Crippen LogP contribution in [0.4, 0.5) is 0 Å². The first-order valence-electron chi connectivity index (χ1n) is 6.87. The van der Waals surface area contributed by atoms with Crippen LogP contribution in [-0.2, 0) is 9.59 Å². The van der Waals surface area contributed by atoms with Gasteiger partial charge in [-0.05, 0) is 25.2 Å². The van der Waals surface area contributed by atoms with E-state index in [-0.39, 0.29) is 17.9 Å². The van der Waals surface area contributed by atoms with Crippen molar-refractivity contribution >= 4 is 11.8 Å². The van der Waals surface area contributed by atoms with Crippen molar-refractivity contribution in [2.24, 2.45) is 17.4 Å². The summed E-state index contributed by atoms with van der Waals surface area (Å²) >= 11 is 0. The summed E-state index contributed by atoms with van der Waals surface area (Å²) in [5.74, 6) is 0.138. The summed E-state index contributed by atoms with van der Waals surface area (Å²) in [5.41, 5.74) is 11.1. The van der Waals surface area contributed by atoms with Gasteiger partial charge in [0.25, 0.3) is 0 Å². The average molecular weight is 255 g/mol. The zero-order valence-electron chi connectivity index (χ0n) is 11.2. The summed E-state index contributed by atoms with van der Waals surface area (Å²) < 4.78 is 0. The minimum Gasteiger partial charge on any atom is -0.370 e. The number of amides is 2. The molecule has 104 valence electrons. The Morgan fingerprint density at radius 3 is 2.44 bits per heavy atom. The second-order valence-electron chi connectivity index (χ2n) is 5.19. The van der Waals surface area contributed by atoms with E-state index in [2.05, 4.69) is 6.92 Å². The van der Waals surface area contributed by atoms with Gasteiger partial charge < -0.3 is 16.4 Å². The van der Waals surface area contributed by atoms with Gasteiger partial charge in [0.2, 0.25) is 11.8 Å². The molecular formula is C13H25N3O2. The van der Waals surface area contributed by atoms with Crippen LogP contribution in [0.3, 0.4) is 0 Å². The Balaban J connectivity index is 2.33. The van der Waals surface area contributed by atoms with Crippen molar-refractivity contribution in [3.63, 3.8) is 0 Å². The number of hydrogen-bond acceptors (Lipinski definition) is 3. The Morgan fingerprint density at radius 2 is 1.94 bits per heavy atom. The van der Waals surface area contributed by atoms with Gasteiger partial charge in [0.1, 0.15) is 0 Å². The highest BCUT2D eigenvalue weighted by Crippen LogP contribution is 2.20. The number of carbonyl (C=O) groups excluding carboxylic acids is 2. The minimum absolute atomic E-state index is 0.0565. The number of likely N-dealkylation sites (tertiary alicyclic amines) is 1. The monoisotopic (exact) mass is 255 g/mol. The predicted octanol–water partition coefficient (Wildman–Crippen LogP) is 0.618. The molecular weight excluding hydrogens is 230 g/mol. The predicted molar refractivity (Wildman–Crippen MR) is 70.6 cm³/mol. The summed E-state index contributed by atoms with van der Waals surface area (Å²) in [5, 5.41) is 0. The zero-order chi connectivity index (χ0) is 13.5. The Kier molecular flexibility index (Phi) is 6.12. The lowest BCUT2D eigenvalue weighted by Crippen LogP contribution is -2.47. The SMILES string of the molecule is CCCC[C@H](N)C(=O)N1CCC(CC(N)=O)CC1. The number of nitrogens with zero attached hydrogens (tertiary/aromatic N) is 1. The number of nitrogens with two attached hydrogens (primary N) is 2. The van der Waals surface area contributed by atoms with E-state index in [1.807, 2.05) is 4.90 Å². The molecule has 2 amide bonds. The van der Waals surface area contributed by atoms with E-state index in [1.54, 1.807) is 0 Å². The van der Waals surface area contributed by atoms with E-state index in [9.17, 15) is 9.59 Å². The van der Waals surface area contributed by atoms with Crippen molar-refractivity contribution in [3.8, 4) is 0 Å². The van der Waals surface area contributed by atoms with Gasteiger partial charge in [-0.15, -0.1) is 0 Å². The summed E-state index contributed by atoms with van der Waals surface area (Å²) in [6.45, 7) is 3.50. The maximum Gasteiger partial charge on any atom is 0.239 e. The largest absolute Gasteiger partial charge is 0.370 e. The third kappa shape index (κ3) is 4.64. The molecule has 1 heterocycles. The Morgan fingerprint density at radius 1 is 1.33 bits per heavy atom. The number of rotatable bonds is 6. The lowest BCUT2D eigenvalue weighted by molar-refractivity contribution is -0.134. The first-order chi connectivity index (χ1) is 8.54. The third-order valence-electron chi connectivity index (χ3n) is 3.60. The fourth-order valence-electron chi connectivity index (χ4n) is 2.42. The van der Waals surface area contributed by atoms with Crippen LogP contribution in [-0.4, -0.2) is 35.8 Å². The number of piperidine rings is 1. The summed E-state index contributed by atoms with van der Waals surface area (Å²) in [6, 6.07) is -0.363. The smallest absolute Gasteiger partial charge is 0.239 e. The first kappa shape index (κ1) is 15.0. The normalized spacial score (nSPS) is 18.7. The van der Waals surface area contributed by atoms with Crippen LogP contribution < -0.4 is 11.5 Å². The molecule has 0 aromatic rings. The minimum atomic E-state index is -0.363. The molecule has 0 bridgehead atoms. The van der Waals surface area contributed by atoms with Crippen molar-refractivity contribution in [2.45, 2.75) is 51.5 Å². The van der Waals surface area contributed by atoms with Gasteiger partial charge in [0, 0.05) is 19.5 Å². The standard InChI is InChI=1S/C13H25N3O2/c1-2-3-4-11(14)13(18)16-7-5-10(6-8-16)9-12(15)17/h10-11H,2-9,14H2,1H3,(H2,15,17)/t11-/m0/s1. The molecule has 1 fully saturated rings. The van der Waals surface area contributed by atoms with Gasteiger partial charge in [0.05, 0.1) is 6.04 Å². The van der Waals surface area contributed by atoms with E-state index in [1.165, 1.54) is 0 Å². The molecule has 0 aliphatic carbocycles. The van der Waals surface area contributed by atoms with Crippen LogP contribution in [0.25, 0.3) is 0 Å². The Labute approximate surface area is 109 Å². The molecule has 4 N–H and O–H groups in total. The maximum absolute atomic E-state index is 12.0. The molecule has 1 aliphatic rings. The second kappa shape index (κ2) is 7.36. The lowest BCUT2D eigenvalue weighted by Gasteiger charge is -2.33. The zero-order valence-corrected chi connectivity index (χ0v) is 11.2. The fraction of sp³-hybridized carbons (Fsp3) is 0.846. The van der Waals surface area contributed by atoms with E-state index < -0.39 is 0 Å². The van der Waals surface area contributed by atoms with Crippen molar-refractivity contribution in [3.05, 3.63) is 0 Å². The number of unbranched alkanes of at least 4 members (excludes halogenated alkanes) is 1. The number of hydrogen-bond donors (Lipinski definition) is 2. The molecule has 18 heavy (non-hydrogen) atoms. The van der Waals surface area contributed by atoms with Crippen molar-refractivity contribution < 1.29 is 9.59 Å². The Hall–Kier alpha value is -1.10. The molecule has 0 aromatic carbocycles. The molecule has 5 nitrogen and oxygen atoms in total. The molecule has 1 saturated heterocycles. The van der Waals surface area contributed by atoms with E-state index in [4.69, 9.17) is 11.5 Å². The van der Waals surface area contributed by atoms with Gasteiger partial charge in [-0.1, -0.05) is 19.8 Å². The third-order valence-corrected chi connectivity index (χ3v) is 3.60. The lowest BCUT2D eigenvalue weighted by atomic mass is 9.93. The van der Waals surface area contributed by atoms with Crippen LogP contribution in [0.1, 0.15) is 45.4 Å².